The first-order chi connectivity index (χ1) is 12.2. The van der Waals surface area contributed by atoms with Crippen LogP contribution in [0.5, 0.6) is 0 Å². The number of rotatable bonds is 3. The molecule has 132 valence electrons. The number of H-pyrrole nitrogens is 1. The number of ether oxygens (including phenoxy) is 1. The summed E-state index contributed by atoms with van der Waals surface area (Å²) in [5.74, 6) is 0.0700. The number of nitrogens with one attached hydrogen (secondary N) is 1. The average Bonchev–Trinajstić information content (AvgIpc) is 3.24. The van der Waals surface area contributed by atoms with Gasteiger partial charge in [-0.15, -0.1) is 0 Å². The SMILES string of the molecule is O=C(c1ccc[nH]1)N1CCOCC2(CCN(Cc3cccnc3)C2)C1. The smallest absolute Gasteiger partial charge is 0.270 e. The Hall–Kier alpha value is -2.18. The van der Waals surface area contributed by atoms with Crippen LogP contribution in [0, 0.1) is 5.41 Å². The van der Waals surface area contributed by atoms with Gasteiger partial charge in [0, 0.05) is 50.2 Å². The van der Waals surface area contributed by atoms with Gasteiger partial charge < -0.3 is 14.6 Å². The van der Waals surface area contributed by atoms with Crippen LogP contribution >= 0.6 is 0 Å². The summed E-state index contributed by atoms with van der Waals surface area (Å²) in [6.45, 7) is 5.64. The predicted molar refractivity (Wildman–Crippen MR) is 94.1 cm³/mol. The molecular formula is C19H24N4O2. The van der Waals surface area contributed by atoms with Crippen LogP contribution in [0.25, 0.3) is 0 Å². The highest BCUT2D eigenvalue weighted by atomic mass is 16.5. The van der Waals surface area contributed by atoms with Gasteiger partial charge in [-0.25, -0.2) is 0 Å². The van der Waals surface area contributed by atoms with Gasteiger partial charge in [-0.1, -0.05) is 6.07 Å². The Morgan fingerprint density at radius 2 is 2.24 bits per heavy atom. The molecule has 1 atom stereocenters. The van der Waals surface area contributed by atoms with E-state index in [1.807, 2.05) is 29.3 Å². The van der Waals surface area contributed by atoms with Crippen molar-refractivity contribution in [1.29, 1.82) is 0 Å². The van der Waals surface area contributed by atoms with Crippen molar-refractivity contribution >= 4 is 5.91 Å². The summed E-state index contributed by atoms with van der Waals surface area (Å²) >= 11 is 0. The average molecular weight is 340 g/mol. The fourth-order valence-electron chi connectivity index (χ4n) is 3.96. The molecule has 2 aliphatic heterocycles. The Bertz CT molecular complexity index is 703. The van der Waals surface area contributed by atoms with E-state index in [9.17, 15) is 4.79 Å². The number of aromatic amines is 1. The largest absolute Gasteiger partial charge is 0.379 e. The van der Waals surface area contributed by atoms with Crippen molar-refractivity contribution in [2.75, 3.05) is 39.4 Å². The Morgan fingerprint density at radius 3 is 3.04 bits per heavy atom. The van der Waals surface area contributed by atoms with Crippen molar-refractivity contribution in [2.24, 2.45) is 5.41 Å². The highest BCUT2D eigenvalue weighted by Gasteiger charge is 2.42. The highest BCUT2D eigenvalue weighted by Crippen LogP contribution is 2.34. The third-order valence-electron chi connectivity index (χ3n) is 5.20. The molecule has 2 saturated heterocycles. The number of hydrogen-bond acceptors (Lipinski definition) is 4. The molecule has 1 amide bonds. The van der Waals surface area contributed by atoms with Gasteiger partial charge in [-0.2, -0.15) is 0 Å². The molecule has 4 heterocycles. The van der Waals surface area contributed by atoms with Gasteiger partial charge >= 0.3 is 0 Å². The summed E-state index contributed by atoms with van der Waals surface area (Å²) < 4.78 is 5.89. The fraction of sp³-hybridized carbons (Fsp3) is 0.474. The van der Waals surface area contributed by atoms with Gasteiger partial charge in [0.25, 0.3) is 5.91 Å². The second-order valence-electron chi connectivity index (χ2n) is 7.19. The molecule has 0 aromatic carbocycles. The monoisotopic (exact) mass is 340 g/mol. The molecule has 2 aliphatic rings. The van der Waals surface area contributed by atoms with E-state index < -0.39 is 0 Å². The lowest BCUT2D eigenvalue weighted by molar-refractivity contribution is 0.0641. The number of hydrogen-bond donors (Lipinski definition) is 1. The van der Waals surface area contributed by atoms with Gasteiger partial charge in [-0.3, -0.25) is 14.7 Å². The number of amides is 1. The van der Waals surface area contributed by atoms with Crippen LogP contribution in [0.4, 0.5) is 0 Å². The molecule has 1 unspecified atom stereocenters. The summed E-state index contributed by atoms with van der Waals surface area (Å²) in [6, 6.07) is 7.79. The van der Waals surface area contributed by atoms with Crippen LogP contribution < -0.4 is 0 Å². The van der Waals surface area contributed by atoms with Crippen LogP contribution in [-0.2, 0) is 11.3 Å². The maximum absolute atomic E-state index is 12.7. The number of likely N-dealkylation sites (tertiary alicyclic amines) is 1. The summed E-state index contributed by atoms with van der Waals surface area (Å²) in [7, 11) is 0. The minimum absolute atomic E-state index is 0.0287. The van der Waals surface area contributed by atoms with Gasteiger partial charge in [0.2, 0.25) is 0 Å². The lowest BCUT2D eigenvalue weighted by atomic mass is 9.87. The summed E-state index contributed by atoms with van der Waals surface area (Å²) in [6.07, 6.45) is 6.58. The van der Waals surface area contributed by atoms with Crippen molar-refractivity contribution < 1.29 is 9.53 Å². The van der Waals surface area contributed by atoms with Gasteiger partial charge in [-0.05, 0) is 36.7 Å². The highest BCUT2D eigenvalue weighted by molar-refractivity contribution is 5.92. The van der Waals surface area contributed by atoms with Crippen molar-refractivity contribution in [3.8, 4) is 0 Å². The summed E-state index contributed by atoms with van der Waals surface area (Å²) in [4.78, 5) is 24.4. The molecule has 0 radical (unpaired) electrons. The maximum atomic E-state index is 12.7. The van der Waals surface area contributed by atoms with Crippen LogP contribution in [0.1, 0.15) is 22.5 Å². The number of nitrogens with zero attached hydrogens (tertiary/aromatic N) is 3. The lowest BCUT2D eigenvalue weighted by Crippen LogP contribution is -2.43. The molecular weight excluding hydrogens is 316 g/mol. The van der Waals surface area contributed by atoms with Gasteiger partial charge in [0.1, 0.15) is 5.69 Å². The first kappa shape index (κ1) is 16.3. The Balaban J connectivity index is 1.44. The first-order valence-corrected chi connectivity index (χ1v) is 8.86. The minimum atomic E-state index is 0.0287. The number of carbonyl (C=O) groups excluding carboxylic acids is 1. The third-order valence-corrected chi connectivity index (χ3v) is 5.20. The van der Waals surface area contributed by atoms with Gasteiger partial charge in [0.05, 0.1) is 13.2 Å². The van der Waals surface area contributed by atoms with Gasteiger partial charge in [0.15, 0.2) is 0 Å². The van der Waals surface area contributed by atoms with E-state index in [-0.39, 0.29) is 11.3 Å². The Labute approximate surface area is 147 Å². The first-order valence-electron chi connectivity index (χ1n) is 8.86. The minimum Gasteiger partial charge on any atom is -0.379 e. The van der Waals surface area contributed by atoms with Crippen LogP contribution in [-0.4, -0.2) is 65.1 Å². The lowest BCUT2D eigenvalue weighted by Gasteiger charge is -2.31. The van der Waals surface area contributed by atoms with Crippen molar-refractivity contribution in [3.05, 3.63) is 54.1 Å². The van der Waals surface area contributed by atoms with E-state index in [1.165, 1.54) is 5.56 Å². The Morgan fingerprint density at radius 1 is 1.28 bits per heavy atom. The van der Waals surface area contributed by atoms with Crippen LogP contribution in [0.15, 0.2) is 42.9 Å². The molecule has 6 heteroatoms. The number of pyridine rings is 1. The summed E-state index contributed by atoms with van der Waals surface area (Å²) in [5, 5.41) is 0. The number of carbonyl (C=O) groups is 1. The normalized spacial score (nSPS) is 24.6. The molecule has 1 N–H and O–H groups in total. The zero-order valence-electron chi connectivity index (χ0n) is 14.4. The molecule has 2 aromatic rings. The third kappa shape index (κ3) is 3.60. The molecule has 0 bridgehead atoms. The van der Waals surface area contributed by atoms with Crippen molar-refractivity contribution in [2.45, 2.75) is 13.0 Å². The van der Waals surface area contributed by atoms with Crippen molar-refractivity contribution in [3.63, 3.8) is 0 Å². The van der Waals surface area contributed by atoms with E-state index in [0.717, 1.165) is 39.2 Å². The summed E-state index contributed by atoms with van der Waals surface area (Å²) in [5.41, 5.74) is 1.91. The van der Waals surface area contributed by atoms with E-state index in [0.29, 0.717) is 18.8 Å². The quantitative estimate of drug-likeness (QED) is 0.925. The molecule has 0 saturated carbocycles. The maximum Gasteiger partial charge on any atom is 0.270 e. The fourth-order valence-corrected chi connectivity index (χ4v) is 3.96. The van der Waals surface area contributed by atoms with E-state index >= 15 is 0 Å². The molecule has 4 rings (SSSR count). The Kier molecular flexibility index (Phi) is 4.55. The van der Waals surface area contributed by atoms with Crippen molar-refractivity contribution in [1.82, 2.24) is 19.8 Å². The molecule has 6 nitrogen and oxygen atoms in total. The zero-order valence-corrected chi connectivity index (χ0v) is 14.4. The standard InChI is InChI=1S/C19H24N4O2/c24-18(17-4-2-7-21-17)23-9-10-25-15-19(14-23)5-8-22(13-19)12-16-3-1-6-20-11-16/h1-4,6-7,11,21H,5,8-10,12-15H2. The predicted octanol–water partition coefficient (Wildman–Crippen LogP) is 1.77. The zero-order chi connectivity index (χ0) is 17.1. The molecule has 0 aliphatic carbocycles. The van der Waals surface area contributed by atoms with E-state index in [4.69, 9.17) is 4.74 Å². The second-order valence-corrected chi connectivity index (χ2v) is 7.19. The second kappa shape index (κ2) is 6.98. The number of aromatic nitrogens is 2. The molecule has 25 heavy (non-hydrogen) atoms. The van der Waals surface area contributed by atoms with E-state index in [2.05, 4.69) is 20.9 Å². The van der Waals surface area contributed by atoms with E-state index in [1.54, 1.807) is 12.4 Å². The van der Waals surface area contributed by atoms with Crippen LogP contribution in [0.3, 0.4) is 0 Å². The molecule has 1 spiro atoms. The molecule has 2 fully saturated rings. The molecule has 2 aromatic heterocycles. The topological polar surface area (TPSA) is 61.5 Å². The van der Waals surface area contributed by atoms with Crippen LogP contribution in [0.2, 0.25) is 0 Å².